The van der Waals surface area contributed by atoms with Crippen molar-refractivity contribution in [3.05, 3.63) is 0 Å². The van der Waals surface area contributed by atoms with Crippen molar-refractivity contribution in [1.29, 1.82) is 0 Å². The van der Waals surface area contributed by atoms with Gasteiger partial charge in [-0.25, -0.2) is 0 Å². The van der Waals surface area contributed by atoms with Crippen LogP contribution in [-0.2, 0) is 9.59 Å². The summed E-state index contributed by atoms with van der Waals surface area (Å²) in [5.41, 5.74) is 0. The van der Waals surface area contributed by atoms with E-state index in [-0.39, 0.29) is 24.7 Å². The number of hydrogen-bond donors (Lipinski definition) is 2. The lowest BCUT2D eigenvalue weighted by atomic mass is 9.93. The van der Waals surface area contributed by atoms with E-state index >= 15 is 0 Å². The van der Waals surface area contributed by atoms with Gasteiger partial charge in [-0.3, -0.25) is 9.59 Å². The molecule has 0 aliphatic heterocycles. The van der Waals surface area contributed by atoms with Crippen LogP contribution in [0.1, 0.15) is 33.1 Å². The van der Waals surface area contributed by atoms with E-state index in [4.69, 9.17) is 10.2 Å². The molecule has 2 N–H and O–H groups in total. The van der Waals surface area contributed by atoms with E-state index in [1.54, 1.807) is 0 Å². The summed E-state index contributed by atoms with van der Waals surface area (Å²) in [6.07, 6.45) is 0.881. The van der Waals surface area contributed by atoms with Gasteiger partial charge in [-0.05, 0) is 18.3 Å². The van der Waals surface area contributed by atoms with Crippen LogP contribution in [0.4, 0.5) is 0 Å². The minimum Gasteiger partial charge on any atom is -0.481 e. The quantitative estimate of drug-likeness (QED) is 0.663. The van der Waals surface area contributed by atoms with Crippen LogP contribution >= 0.6 is 0 Å². The second-order valence-corrected chi connectivity index (χ2v) is 3.64. The number of aliphatic carboxylic acids is 2. The van der Waals surface area contributed by atoms with Gasteiger partial charge in [0.25, 0.3) is 0 Å². The van der Waals surface area contributed by atoms with Crippen LogP contribution in [0, 0.1) is 11.8 Å². The van der Waals surface area contributed by atoms with Gasteiger partial charge in [-0.15, -0.1) is 0 Å². The Morgan fingerprint density at radius 2 is 1.31 bits per heavy atom. The van der Waals surface area contributed by atoms with E-state index in [2.05, 4.69) is 0 Å². The average molecular weight is 188 g/mol. The molecule has 76 valence electrons. The van der Waals surface area contributed by atoms with Gasteiger partial charge < -0.3 is 10.2 Å². The first kappa shape index (κ1) is 11.9. The zero-order chi connectivity index (χ0) is 10.4. The molecular formula is C9H16O4. The van der Waals surface area contributed by atoms with Crippen molar-refractivity contribution in [2.45, 2.75) is 33.1 Å². The fraction of sp³-hybridized carbons (Fsp3) is 0.778. The highest BCUT2D eigenvalue weighted by atomic mass is 16.4. The Labute approximate surface area is 77.6 Å². The molecule has 0 aromatic rings. The summed E-state index contributed by atoms with van der Waals surface area (Å²) in [5.74, 6) is -1.55. The van der Waals surface area contributed by atoms with E-state index < -0.39 is 11.9 Å². The standard InChI is InChI=1S/C9H16O4/c1-6(4-8(10)11)3-7(2)5-9(12)13/h6-7H,3-5H2,1-2H3,(H,10,11)(H,12,13). The Morgan fingerprint density at radius 1 is 1.00 bits per heavy atom. The van der Waals surface area contributed by atoms with Gasteiger partial charge in [0.05, 0.1) is 0 Å². The van der Waals surface area contributed by atoms with Crippen LogP contribution in [0.15, 0.2) is 0 Å². The lowest BCUT2D eigenvalue weighted by molar-refractivity contribution is -0.138. The highest BCUT2D eigenvalue weighted by Gasteiger charge is 2.14. The molecule has 2 atom stereocenters. The maximum atomic E-state index is 10.3. The highest BCUT2D eigenvalue weighted by Crippen LogP contribution is 2.17. The van der Waals surface area contributed by atoms with Crippen LogP contribution in [0.5, 0.6) is 0 Å². The third-order valence-electron chi connectivity index (χ3n) is 1.85. The number of rotatable bonds is 6. The summed E-state index contributed by atoms with van der Waals surface area (Å²) in [4.78, 5) is 20.6. The van der Waals surface area contributed by atoms with Crippen molar-refractivity contribution < 1.29 is 19.8 Å². The first-order valence-corrected chi connectivity index (χ1v) is 4.35. The predicted octanol–water partition coefficient (Wildman–Crippen LogP) is 1.60. The van der Waals surface area contributed by atoms with Gasteiger partial charge in [0.15, 0.2) is 0 Å². The maximum Gasteiger partial charge on any atom is 0.303 e. The first-order valence-electron chi connectivity index (χ1n) is 4.35. The third-order valence-corrected chi connectivity index (χ3v) is 1.85. The van der Waals surface area contributed by atoms with E-state index in [1.165, 1.54) is 0 Å². The molecular weight excluding hydrogens is 172 g/mol. The number of hydrogen-bond acceptors (Lipinski definition) is 2. The van der Waals surface area contributed by atoms with Crippen molar-refractivity contribution >= 4 is 11.9 Å². The number of carbonyl (C=O) groups is 2. The molecule has 0 aliphatic rings. The second-order valence-electron chi connectivity index (χ2n) is 3.64. The summed E-state index contributed by atoms with van der Waals surface area (Å²) >= 11 is 0. The van der Waals surface area contributed by atoms with Crippen molar-refractivity contribution in [1.82, 2.24) is 0 Å². The normalized spacial score (nSPS) is 14.9. The SMILES string of the molecule is CC(CC(=O)O)CC(C)CC(=O)O. The molecule has 0 heterocycles. The van der Waals surface area contributed by atoms with Crippen molar-refractivity contribution in [3.63, 3.8) is 0 Å². The Kier molecular flexibility index (Phi) is 5.11. The monoisotopic (exact) mass is 188 g/mol. The minimum absolute atomic E-state index is 0.0480. The van der Waals surface area contributed by atoms with Gasteiger partial charge in [0, 0.05) is 12.8 Å². The Morgan fingerprint density at radius 3 is 1.54 bits per heavy atom. The third kappa shape index (κ3) is 7.31. The Bertz CT molecular complexity index is 168. The average Bonchev–Trinajstić information content (AvgIpc) is 1.80. The van der Waals surface area contributed by atoms with Crippen molar-refractivity contribution in [2.75, 3.05) is 0 Å². The van der Waals surface area contributed by atoms with Crippen LogP contribution < -0.4 is 0 Å². The summed E-state index contributed by atoms with van der Waals surface area (Å²) in [6, 6.07) is 0. The molecule has 0 aliphatic carbocycles. The summed E-state index contributed by atoms with van der Waals surface area (Å²) in [5, 5.41) is 16.9. The summed E-state index contributed by atoms with van der Waals surface area (Å²) in [7, 11) is 0. The molecule has 0 fully saturated rings. The molecule has 0 saturated carbocycles. The molecule has 4 heteroatoms. The molecule has 0 amide bonds. The van der Waals surface area contributed by atoms with Crippen LogP contribution in [-0.4, -0.2) is 22.2 Å². The van der Waals surface area contributed by atoms with Gasteiger partial charge in [-0.1, -0.05) is 13.8 Å². The highest BCUT2D eigenvalue weighted by molar-refractivity contribution is 5.67. The maximum absolute atomic E-state index is 10.3. The number of carboxylic acids is 2. The molecule has 0 aromatic heterocycles. The first-order chi connectivity index (χ1) is 5.91. The second kappa shape index (κ2) is 5.56. The largest absolute Gasteiger partial charge is 0.481 e. The molecule has 4 nitrogen and oxygen atoms in total. The zero-order valence-corrected chi connectivity index (χ0v) is 7.99. The molecule has 0 saturated heterocycles. The molecule has 0 bridgehead atoms. The molecule has 0 rings (SSSR count). The molecule has 0 aromatic carbocycles. The molecule has 13 heavy (non-hydrogen) atoms. The molecule has 2 unspecified atom stereocenters. The fourth-order valence-electron chi connectivity index (χ4n) is 1.45. The van der Waals surface area contributed by atoms with Crippen LogP contribution in [0.3, 0.4) is 0 Å². The minimum atomic E-state index is -0.824. The van der Waals surface area contributed by atoms with Gasteiger partial charge in [0.1, 0.15) is 0 Å². The van der Waals surface area contributed by atoms with Crippen LogP contribution in [0.25, 0.3) is 0 Å². The predicted molar refractivity (Wildman–Crippen MR) is 47.5 cm³/mol. The summed E-state index contributed by atoms with van der Waals surface area (Å²) < 4.78 is 0. The van der Waals surface area contributed by atoms with E-state index in [0.717, 1.165) is 0 Å². The van der Waals surface area contributed by atoms with Gasteiger partial charge in [0.2, 0.25) is 0 Å². The topological polar surface area (TPSA) is 74.6 Å². The van der Waals surface area contributed by atoms with E-state index in [1.807, 2.05) is 13.8 Å². The van der Waals surface area contributed by atoms with Crippen molar-refractivity contribution in [2.24, 2.45) is 11.8 Å². The van der Waals surface area contributed by atoms with E-state index in [9.17, 15) is 9.59 Å². The Hall–Kier alpha value is -1.06. The van der Waals surface area contributed by atoms with Gasteiger partial charge >= 0.3 is 11.9 Å². The smallest absolute Gasteiger partial charge is 0.303 e. The molecule has 0 spiro atoms. The van der Waals surface area contributed by atoms with Gasteiger partial charge in [-0.2, -0.15) is 0 Å². The summed E-state index contributed by atoms with van der Waals surface area (Å²) in [6.45, 7) is 3.65. The van der Waals surface area contributed by atoms with Crippen molar-refractivity contribution in [3.8, 4) is 0 Å². The zero-order valence-electron chi connectivity index (χ0n) is 7.99. The van der Waals surface area contributed by atoms with Crippen LogP contribution in [0.2, 0.25) is 0 Å². The Balaban J connectivity index is 3.70. The van der Waals surface area contributed by atoms with E-state index in [0.29, 0.717) is 6.42 Å². The lowest BCUT2D eigenvalue weighted by Crippen LogP contribution is -2.11. The number of carboxylic acid groups (broad SMARTS) is 2. The molecule has 0 radical (unpaired) electrons. The fourth-order valence-corrected chi connectivity index (χ4v) is 1.45. The lowest BCUT2D eigenvalue weighted by Gasteiger charge is -2.13.